The van der Waals surface area contributed by atoms with Gasteiger partial charge in [-0.25, -0.2) is 8.42 Å². The fourth-order valence-corrected chi connectivity index (χ4v) is 2.98. The van der Waals surface area contributed by atoms with Crippen LogP contribution < -0.4 is 5.32 Å². The maximum absolute atomic E-state index is 11.1. The Morgan fingerprint density at radius 1 is 1.59 bits per heavy atom. The number of sulfone groups is 1. The molecule has 0 aromatic rings. The van der Waals surface area contributed by atoms with Crippen LogP contribution in [0.25, 0.3) is 0 Å². The molecule has 0 aromatic heterocycles. The van der Waals surface area contributed by atoms with Crippen LogP contribution in [0.1, 0.15) is 6.42 Å². The van der Waals surface area contributed by atoms with Gasteiger partial charge in [0.1, 0.15) is 9.84 Å². The second-order valence-corrected chi connectivity index (χ2v) is 6.97. The van der Waals surface area contributed by atoms with E-state index in [2.05, 4.69) is 10.2 Å². The quantitative estimate of drug-likeness (QED) is 0.641. The number of nitrogens with one attached hydrogen (secondary N) is 1. The van der Waals surface area contributed by atoms with E-state index < -0.39 is 21.7 Å². The fourth-order valence-electron chi connectivity index (χ4n) is 1.99. The number of likely N-dealkylation sites (tertiary alicyclic amines) is 1. The summed E-state index contributed by atoms with van der Waals surface area (Å²) in [6, 6.07) is 0.265. The van der Waals surface area contributed by atoms with Crippen molar-refractivity contribution in [3.05, 3.63) is 0 Å². The molecule has 2 atom stereocenters. The fraction of sp³-hybridized carbons (Fsp3) is 0.900. The van der Waals surface area contributed by atoms with Crippen molar-refractivity contribution in [3.63, 3.8) is 0 Å². The van der Waals surface area contributed by atoms with Crippen molar-refractivity contribution in [3.8, 4) is 0 Å². The Bertz CT molecular complexity index is 369. The van der Waals surface area contributed by atoms with Gasteiger partial charge in [-0.2, -0.15) is 0 Å². The summed E-state index contributed by atoms with van der Waals surface area (Å²) in [7, 11) is -1.25. The maximum Gasteiger partial charge on any atom is 0.308 e. The highest BCUT2D eigenvalue weighted by Gasteiger charge is 2.25. The van der Waals surface area contributed by atoms with Crippen molar-refractivity contribution in [2.24, 2.45) is 5.92 Å². The first-order chi connectivity index (χ1) is 7.78. The molecule has 1 aliphatic heterocycles. The third kappa shape index (κ3) is 5.47. The molecule has 17 heavy (non-hydrogen) atoms. The van der Waals surface area contributed by atoms with E-state index >= 15 is 0 Å². The number of rotatable bonds is 6. The van der Waals surface area contributed by atoms with Crippen molar-refractivity contribution < 1.29 is 18.3 Å². The summed E-state index contributed by atoms with van der Waals surface area (Å²) in [5, 5.41) is 12.1. The molecule has 1 aliphatic rings. The lowest BCUT2D eigenvalue weighted by molar-refractivity contribution is -0.140. The number of hydrogen-bond donors (Lipinski definition) is 2. The van der Waals surface area contributed by atoms with Crippen LogP contribution in [0.15, 0.2) is 0 Å². The van der Waals surface area contributed by atoms with E-state index in [1.165, 1.54) is 0 Å². The summed E-state index contributed by atoms with van der Waals surface area (Å²) in [5.41, 5.74) is 0. The van der Waals surface area contributed by atoms with Gasteiger partial charge in [-0.15, -0.1) is 0 Å². The number of nitrogens with zero attached hydrogens (tertiary/aromatic N) is 1. The predicted molar refractivity (Wildman–Crippen MR) is 64.7 cm³/mol. The summed E-state index contributed by atoms with van der Waals surface area (Å²) < 4.78 is 22.2. The molecule has 2 unspecified atom stereocenters. The van der Waals surface area contributed by atoms with Crippen LogP contribution in [0.3, 0.4) is 0 Å². The molecule has 0 bridgehead atoms. The van der Waals surface area contributed by atoms with Gasteiger partial charge in [0.2, 0.25) is 0 Å². The molecule has 0 saturated carbocycles. The lowest BCUT2D eigenvalue weighted by Gasteiger charge is -2.16. The van der Waals surface area contributed by atoms with Crippen LogP contribution in [0, 0.1) is 5.92 Å². The van der Waals surface area contributed by atoms with Crippen molar-refractivity contribution >= 4 is 15.8 Å². The van der Waals surface area contributed by atoms with E-state index in [0.717, 1.165) is 25.8 Å². The minimum absolute atomic E-state index is 0.209. The minimum Gasteiger partial charge on any atom is -0.481 e. The summed E-state index contributed by atoms with van der Waals surface area (Å²) in [5.74, 6) is -2.23. The van der Waals surface area contributed by atoms with Crippen LogP contribution in [-0.4, -0.2) is 69.1 Å². The first-order valence-electron chi connectivity index (χ1n) is 5.60. The molecular weight excluding hydrogens is 244 g/mol. The molecule has 0 radical (unpaired) electrons. The SMILES string of the molecule is CN1CCC(NCC(CS(C)(=O)=O)C(=O)O)C1. The maximum atomic E-state index is 11.1. The Kier molecular flexibility index (Phi) is 4.91. The first-order valence-corrected chi connectivity index (χ1v) is 7.66. The molecule has 100 valence electrons. The van der Waals surface area contributed by atoms with Crippen LogP contribution in [0.4, 0.5) is 0 Å². The molecule has 1 saturated heterocycles. The molecule has 6 nitrogen and oxygen atoms in total. The summed E-state index contributed by atoms with van der Waals surface area (Å²) in [6.07, 6.45) is 2.04. The lowest BCUT2D eigenvalue weighted by atomic mass is 10.1. The summed E-state index contributed by atoms with van der Waals surface area (Å²) in [6.45, 7) is 2.08. The molecule has 1 fully saturated rings. The molecule has 0 spiro atoms. The van der Waals surface area contributed by atoms with Gasteiger partial charge in [0.15, 0.2) is 0 Å². The topological polar surface area (TPSA) is 86.7 Å². The van der Waals surface area contributed by atoms with Crippen LogP contribution in [0.5, 0.6) is 0 Å². The number of carboxylic acid groups (broad SMARTS) is 1. The molecule has 7 heteroatoms. The monoisotopic (exact) mass is 264 g/mol. The molecule has 0 amide bonds. The summed E-state index contributed by atoms with van der Waals surface area (Å²) >= 11 is 0. The molecule has 1 heterocycles. The average Bonchev–Trinajstić information content (AvgIpc) is 2.56. The Morgan fingerprint density at radius 2 is 2.24 bits per heavy atom. The Balaban J connectivity index is 2.42. The van der Waals surface area contributed by atoms with E-state index in [0.29, 0.717) is 0 Å². The molecule has 1 rings (SSSR count). The number of carbonyl (C=O) groups is 1. The Morgan fingerprint density at radius 3 is 2.65 bits per heavy atom. The number of carboxylic acids is 1. The Hall–Kier alpha value is -0.660. The highest BCUT2D eigenvalue weighted by Crippen LogP contribution is 2.07. The van der Waals surface area contributed by atoms with E-state index in [1.54, 1.807) is 0 Å². The smallest absolute Gasteiger partial charge is 0.308 e. The van der Waals surface area contributed by atoms with Crippen molar-refractivity contribution in [1.82, 2.24) is 10.2 Å². The molecule has 0 aliphatic carbocycles. The van der Waals surface area contributed by atoms with Crippen LogP contribution in [-0.2, 0) is 14.6 Å². The van der Waals surface area contributed by atoms with Crippen molar-refractivity contribution in [2.75, 3.05) is 38.7 Å². The van der Waals surface area contributed by atoms with Crippen molar-refractivity contribution in [1.29, 1.82) is 0 Å². The number of aliphatic carboxylic acids is 1. The van der Waals surface area contributed by atoms with Gasteiger partial charge >= 0.3 is 5.97 Å². The van der Waals surface area contributed by atoms with Crippen molar-refractivity contribution in [2.45, 2.75) is 12.5 Å². The van der Waals surface area contributed by atoms with Gasteiger partial charge in [-0.05, 0) is 20.0 Å². The second kappa shape index (κ2) is 5.79. The third-order valence-corrected chi connectivity index (χ3v) is 3.91. The van der Waals surface area contributed by atoms with Gasteiger partial charge in [0.25, 0.3) is 0 Å². The number of likely N-dealkylation sites (N-methyl/N-ethyl adjacent to an activating group) is 1. The molecule has 0 aromatic carbocycles. The zero-order valence-electron chi connectivity index (χ0n) is 10.2. The van der Waals surface area contributed by atoms with Gasteiger partial charge in [-0.1, -0.05) is 0 Å². The Labute approximate surface area is 102 Å². The highest BCUT2D eigenvalue weighted by molar-refractivity contribution is 7.90. The second-order valence-electron chi connectivity index (χ2n) is 4.78. The lowest BCUT2D eigenvalue weighted by Crippen LogP contribution is -2.39. The van der Waals surface area contributed by atoms with E-state index in [9.17, 15) is 13.2 Å². The highest BCUT2D eigenvalue weighted by atomic mass is 32.2. The largest absolute Gasteiger partial charge is 0.481 e. The van der Waals surface area contributed by atoms with Gasteiger partial charge < -0.3 is 15.3 Å². The van der Waals surface area contributed by atoms with Gasteiger partial charge in [0, 0.05) is 25.4 Å². The van der Waals surface area contributed by atoms with Crippen LogP contribution >= 0.6 is 0 Å². The predicted octanol–water partition coefficient (Wildman–Crippen LogP) is -0.974. The first kappa shape index (κ1) is 14.4. The van der Waals surface area contributed by atoms with E-state index in [4.69, 9.17) is 5.11 Å². The number of hydrogen-bond acceptors (Lipinski definition) is 5. The normalized spacial score (nSPS) is 23.8. The zero-order valence-corrected chi connectivity index (χ0v) is 11.0. The third-order valence-electron chi connectivity index (χ3n) is 2.90. The average molecular weight is 264 g/mol. The standard InChI is InChI=1S/C10H20N2O4S/c1-12-4-3-9(6-12)11-5-8(10(13)14)7-17(2,15)16/h8-9,11H,3-7H2,1-2H3,(H,13,14). The molecule has 2 N–H and O–H groups in total. The minimum atomic E-state index is -3.26. The summed E-state index contributed by atoms with van der Waals surface area (Å²) in [4.78, 5) is 13.1. The van der Waals surface area contributed by atoms with E-state index in [1.807, 2.05) is 7.05 Å². The van der Waals surface area contributed by atoms with E-state index in [-0.39, 0.29) is 18.3 Å². The zero-order chi connectivity index (χ0) is 13.1. The molecular formula is C10H20N2O4S. The van der Waals surface area contributed by atoms with Crippen LogP contribution in [0.2, 0.25) is 0 Å². The van der Waals surface area contributed by atoms with Gasteiger partial charge in [-0.3, -0.25) is 4.79 Å². The van der Waals surface area contributed by atoms with Gasteiger partial charge in [0.05, 0.1) is 11.7 Å².